The molecule has 1 aromatic carbocycles. The van der Waals surface area contributed by atoms with Crippen molar-refractivity contribution in [1.29, 1.82) is 0 Å². The highest BCUT2D eigenvalue weighted by Crippen LogP contribution is 2.33. The Labute approximate surface area is 153 Å². The van der Waals surface area contributed by atoms with Gasteiger partial charge in [0, 0.05) is 25.7 Å². The van der Waals surface area contributed by atoms with Crippen LogP contribution < -0.4 is 9.47 Å². The molecule has 0 unspecified atom stereocenters. The van der Waals surface area contributed by atoms with E-state index in [4.69, 9.17) is 14.2 Å². The first-order valence-corrected chi connectivity index (χ1v) is 10.0. The van der Waals surface area contributed by atoms with Crippen LogP contribution >= 0.6 is 0 Å². The van der Waals surface area contributed by atoms with Gasteiger partial charge in [-0.05, 0) is 25.0 Å². The largest absolute Gasteiger partial charge is 0.493 e. The van der Waals surface area contributed by atoms with Crippen molar-refractivity contribution in [2.24, 2.45) is 0 Å². The molecule has 0 radical (unpaired) electrons. The molecule has 2 saturated heterocycles. The quantitative estimate of drug-likeness (QED) is 0.744. The minimum absolute atomic E-state index is 0.0943. The van der Waals surface area contributed by atoms with E-state index in [0.717, 1.165) is 0 Å². The third-order valence-electron chi connectivity index (χ3n) is 4.77. The monoisotopic (exact) mass is 384 g/mol. The van der Waals surface area contributed by atoms with Crippen LogP contribution in [0.1, 0.15) is 12.8 Å². The lowest BCUT2D eigenvalue weighted by atomic mass is 10.2. The number of hydrogen-bond acceptors (Lipinski definition) is 6. The lowest BCUT2D eigenvalue weighted by molar-refractivity contribution is -0.138. The molecule has 0 saturated carbocycles. The van der Waals surface area contributed by atoms with Gasteiger partial charge in [-0.25, -0.2) is 8.42 Å². The number of carbonyl (C=O) groups is 1. The van der Waals surface area contributed by atoms with Gasteiger partial charge >= 0.3 is 0 Å². The fraction of sp³-hybridized carbons (Fsp3) is 0.588. The molecule has 1 amide bonds. The van der Waals surface area contributed by atoms with Gasteiger partial charge in [0.05, 0.1) is 32.3 Å². The Balaban J connectivity index is 1.86. The number of nitrogens with zero attached hydrogens (tertiary/aromatic N) is 2. The van der Waals surface area contributed by atoms with Gasteiger partial charge in [0.2, 0.25) is 15.9 Å². The Hall–Kier alpha value is -1.84. The van der Waals surface area contributed by atoms with Crippen molar-refractivity contribution in [2.75, 3.05) is 47.1 Å². The minimum Gasteiger partial charge on any atom is -0.493 e. The Morgan fingerprint density at radius 3 is 2.46 bits per heavy atom. The number of sulfonamides is 1. The fourth-order valence-electron chi connectivity index (χ4n) is 3.38. The van der Waals surface area contributed by atoms with E-state index < -0.39 is 16.1 Å². The highest BCUT2D eigenvalue weighted by Gasteiger charge is 2.41. The summed E-state index contributed by atoms with van der Waals surface area (Å²) in [6.07, 6.45) is 1.19. The first kappa shape index (κ1) is 18.9. The summed E-state index contributed by atoms with van der Waals surface area (Å²) in [6.45, 7) is 2.30. The highest BCUT2D eigenvalue weighted by molar-refractivity contribution is 7.89. The maximum atomic E-state index is 13.1. The van der Waals surface area contributed by atoms with Crippen LogP contribution in [0.4, 0.5) is 0 Å². The molecule has 1 atom stereocenters. The second-order valence-corrected chi connectivity index (χ2v) is 8.12. The summed E-state index contributed by atoms with van der Waals surface area (Å²) in [5, 5.41) is 0. The number of methoxy groups -OCH3 is 2. The Morgan fingerprint density at radius 1 is 1.12 bits per heavy atom. The number of morpholine rings is 1. The van der Waals surface area contributed by atoms with Gasteiger partial charge in [-0.3, -0.25) is 4.79 Å². The number of carbonyl (C=O) groups excluding carboxylic acids is 1. The maximum absolute atomic E-state index is 13.1. The average Bonchev–Trinajstić information content (AvgIpc) is 3.18. The van der Waals surface area contributed by atoms with Crippen LogP contribution in [-0.4, -0.2) is 76.6 Å². The summed E-state index contributed by atoms with van der Waals surface area (Å²) in [4.78, 5) is 14.6. The van der Waals surface area contributed by atoms with Gasteiger partial charge in [-0.15, -0.1) is 0 Å². The summed E-state index contributed by atoms with van der Waals surface area (Å²) in [7, 11) is -0.867. The van der Waals surface area contributed by atoms with Crippen LogP contribution in [0.5, 0.6) is 11.5 Å². The Bertz CT molecular complexity index is 761. The summed E-state index contributed by atoms with van der Waals surface area (Å²) in [5.74, 6) is 0.646. The second kappa shape index (κ2) is 7.81. The number of amides is 1. The summed E-state index contributed by atoms with van der Waals surface area (Å²) < 4.78 is 43.2. The van der Waals surface area contributed by atoms with E-state index in [2.05, 4.69) is 0 Å². The molecule has 9 heteroatoms. The Morgan fingerprint density at radius 2 is 1.81 bits per heavy atom. The second-order valence-electron chi connectivity index (χ2n) is 6.23. The van der Waals surface area contributed by atoms with E-state index in [1.54, 1.807) is 11.0 Å². The van der Waals surface area contributed by atoms with Crippen molar-refractivity contribution in [3.8, 4) is 11.5 Å². The van der Waals surface area contributed by atoms with Crippen LogP contribution in [0.15, 0.2) is 23.1 Å². The number of hydrogen-bond donors (Lipinski definition) is 0. The van der Waals surface area contributed by atoms with E-state index in [1.165, 1.54) is 30.7 Å². The minimum atomic E-state index is -3.81. The molecule has 1 aromatic rings. The van der Waals surface area contributed by atoms with Gasteiger partial charge in [0.25, 0.3) is 0 Å². The summed E-state index contributed by atoms with van der Waals surface area (Å²) >= 11 is 0. The molecule has 0 spiro atoms. The molecule has 3 rings (SSSR count). The average molecular weight is 384 g/mol. The van der Waals surface area contributed by atoms with Crippen LogP contribution in [0.3, 0.4) is 0 Å². The molecular formula is C17H24N2O6S. The van der Waals surface area contributed by atoms with Crippen LogP contribution in [0.25, 0.3) is 0 Å². The summed E-state index contributed by atoms with van der Waals surface area (Å²) in [6, 6.07) is 3.81. The molecule has 2 heterocycles. The molecule has 0 N–H and O–H groups in total. The van der Waals surface area contributed by atoms with Crippen molar-refractivity contribution >= 4 is 15.9 Å². The zero-order valence-electron chi connectivity index (χ0n) is 15.0. The zero-order chi connectivity index (χ0) is 18.7. The molecule has 8 nitrogen and oxygen atoms in total. The predicted molar refractivity (Wildman–Crippen MR) is 93.9 cm³/mol. The van der Waals surface area contributed by atoms with Crippen LogP contribution in [0.2, 0.25) is 0 Å². The highest BCUT2D eigenvalue weighted by atomic mass is 32.2. The SMILES string of the molecule is COc1ccc(S(=O)(=O)N2CCC[C@H]2C(=O)N2CCOCC2)cc1OC. The molecular weight excluding hydrogens is 360 g/mol. The van der Waals surface area contributed by atoms with E-state index in [-0.39, 0.29) is 10.8 Å². The molecule has 2 aliphatic heterocycles. The molecule has 0 bridgehead atoms. The number of rotatable bonds is 5. The number of benzene rings is 1. The van der Waals surface area contributed by atoms with Crippen LogP contribution in [0, 0.1) is 0 Å². The topological polar surface area (TPSA) is 85.4 Å². The molecule has 0 aliphatic carbocycles. The lowest BCUT2D eigenvalue weighted by Crippen LogP contribution is -2.50. The molecule has 2 aliphatic rings. The van der Waals surface area contributed by atoms with Gasteiger partial charge in [-0.1, -0.05) is 0 Å². The molecule has 144 valence electrons. The molecule has 26 heavy (non-hydrogen) atoms. The first-order valence-electron chi connectivity index (χ1n) is 8.59. The Kier molecular flexibility index (Phi) is 5.69. The zero-order valence-corrected chi connectivity index (χ0v) is 15.8. The van der Waals surface area contributed by atoms with Gasteiger partial charge < -0.3 is 19.1 Å². The van der Waals surface area contributed by atoms with Gasteiger partial charge in [0.15, 0.2) is 11.5 Å². The molecule has 0 aromatic heterocycles. The van der Waals surface area contributed by atoms with E-state index in [0.29, 0.717) is 57.2 Å². The predicted octanol–water partition coefficient (Wildman–Crippen LogP) is 0.716. The van der Waals surface area contributed by atoms with Crippen molar-refractivity contribution in [2.45, 2.75) is 23.8 Å². The first-order chi connectivity index (χ1) is 12.5. The van der Waals surface area contributed by atoms with Gasteiger partial charge in [-0.2, -0.15) is 4.31 Å². The lowest BCUT2D eigenvalue weighted by Gasteiger charge is -2.32. The number of ether oxygens (including phenoxy) is 3. The van der Waals surface area contributed by atoms with E-state index in [1.807, 2.05) is 0 Å². The van der Waals surface area contributed by atoms with Crippen molar-refractivity contribution in [3.05, 3.63) is 18.2 Å². The van der Waals surface area contributed by atoms with Gasteiger partial charge in [0.1, 0.15) is 6.04 Å². The third kappa shape index (κ3) is 3.51. The van der Waals surface area contributed by atoms with E-state index >= 15 is 0 Å². The summed E-state index contributed by atoms with van der Waals surface area (Å²) in [5.41, 5.74) is 0. The fourth-order valence-corrected chi connectivity index (χ4v) is 5.05. The third-order valence-corrected chi connectivity index (χ3v) is 6.68. The normalized spacial score (nSPS) is 21.6. The van der Waals surface area contributed by atoms with E-state index in [9.17, 15) is 13.2 Å². The van der Waals surface area contributed by atoms with Crippen molar-refractivity contribution in [1.82, 2.24) is 9.21 Å². The maximum Gasteiger partial charge on any atom is 0.243 e. The smallest absolute Gasteiger partial charge is 0.243 e. The molecule has 2 fully saturated rings. The van der Waals surface area contributed by atoms with Crippen LogP contribution in [-0.2, 0) is 19.6 Å². The standard InChI is InChI=1S/C17H24N2O6S/c1-23-15-6-5-13(12-16(15)24-2)26(21,22)19-7-3-4-14(19)17(20)18-8-10-25-11-9-18/h5-6,12,14H,3-4,7-11H2,1-2H3/t14-/m0/s1. The van der Waals surface area contributed by atoms with Crippen molar-refractivity contribution < 1.29 is 27.4 Å². The van der Waals surface area contributed by atoms with Crippen molar-refractivity contribution in [3.63, 3.8) is 0 Å².